The molecule has 6 heteroatoms. The Hall–Kier alpha value is -2.34. The molecule has 25 heavy (non-hydrogen) atoms. The lowest BCUT2D eigenvalue weighted by molar-refractivity contribution is -0.132. The number of amides is 1. The minimum absolute atomic E-state index is 0.0893. The third kappa shape index (κ3) is 3.26. The van der Waals surface area contributed by atoms with E-state index in [1.54, 1.807) is 23.1 Å². The highest BCUT2D eigenvalue weighted by atomic mass is 32.1. The number of carbonyl (C=O) groups is 3. The van der Waals surface area contributed by atoms with E-state index in [1.165, 1.54) is 17.5 Å². The van der Waals surface area contributed by atoms with Gasteiger partial charge in [-0.1, -0.05) is 13.8 Å². The molecule has 0 radical (unpaired) electrons. The van der Waals surface area contributed by atoms with Gasteiger partial charge in [0.2, 0.25) is 17.5 Å². The molecule has 0 bridgehead atoms. The molecule has 1 aliphatic carbocycles. The number of hydrogen-bond acceptors (Lipinski definition) is 5. The first-order valence-corrected chi connectivity index (χ1v) is 9.18. The lowest BCUT2D eigenvalue weighted by atomic mass is 9.93. The second-order valence-corrected chi connectivity index (χ2v) is 7.66. The summed E-state index contributed by atoms with van der Waals surface area (Å²) in [4.78, 5) is 44.7. The second-order valence-electron chi connectivity index (χ2n) is 6.52. The first-order chi connectivity index (χ1) is 11.9. The van der Waals surface area contributed by atoms with Crippen molar-refractivity contribution in [2.24, 2.45) is 5.92 Å². The molecule has 0 N–H and O–H groups in total. The number of carbonyl (C=O) groups excluding carboxylic acids is 3. The zero-order valence-corrected chi connectivity index (χ0v) is 15.4. The van der Waals surface area contributed by atoms with Crippen LogP contribution in [0.3, 0.4) is 0 Å². The minimum atomic E-state index is -0.218. The van der Waals surface area contributed by atoms with Gasteiger partial charge >= 0.3 is 0 Å². The Bertz CT molecular complexity index is 802. The number of pyridine rings is 1. The quantitative estimate of drug-likeness (QED) is 0.703. The molecule has 2 aromatic rings. The first kappa shape index (κ1) is 17.5. The smallest absolute Gasteiger partial charge is 0.223 e. The average molecular weight is 356 g/mol. The van der Waals surface area contributed by atoms with Gasteiger partial charge < -0.3 is 4.90 Å². The summed E-state index contributed by atoms with van der Waals surface area (Å²) in [5, 5.41) is 0. The Kier molecular flexibility index (Phi) is 4.81. The SMILES string of the molecule is CCN(Cc1cc2c(s1)C(=O)c1cccnc1C2=O)C(=O)CC(C)C. The second kappa shape index (κ2) is 6.88. The van der Waals surface area contributed by atoms with E-state index < -0.39 is 0 Å². The van der Waals surface area contributed by atoms with Crippen molar-refractivity contribution in [2.75, 3.05) is 6.54 Å². The van der Waals surface area contributed by atoms with Crippen LogP contribution in [0.5, 0.6) is 0 Å². The monoisotopic (exact) mass is 356 g/mol. The Morgan fingerprint density at radius 3 is 2.68 bits per heavy atom. The fourth-order valence-corrected chi connectivity index (χ4v) is 4.04. The van der Waals surface area contributed by atoms with Gasteiger partial charge in [0.1, 0.15) is 5.69 Å². The number of aromatic nitrogens is 1. The molecule has 2 aromatic heterocycles. The van der Waals surface area contributed by atoms with Crippen molar-refractivity contribution >= 4 is 28.8 Å². The lowest BCUT2D eigenvalue weighted by Gasteiger charge is -2.21. The molecule has 0 saturated heterocycles. The molecule has 130 valence electrons. The number of nitrogens with zero attached hydrogens (tertiary/aromatic N) is 2. The lowest BCUT2D eigenvalue weighted by Crippen LogP contribution is -2.30. The highest BCUT2D eigenvalue weighted by Crippen LogP contribution is 2.33. The summed E-state index contributed by atoms with van der Waals surface area (Å²) >= 11 is 1.30. The molecule has 0 spiro atoms. The van der Waals surface area contributed by atoms with Crippen LogP contribution in [0, 0.1) is 5.92 Å². The number of ketones is 2. The molecular formula is C19H20N2O3S. The maximum absolute atomic E-state index is 12.6. The molecule has 0 unspecified atom stereocenters. The third-order valence-electron chi connectivity index (χ3n) is 4.17. The van der Waals surface area contributed by atoms with E-state index in [9.17, 15) is 14.4 Å². The molecule has 0 atom stereocenters. The van der Waals surface area contributed by atoms with Gasteiger partial charge in [-0.15, -0.1) is 11.3 Å². The molecule has 0 saturated carbocycles. The Labute approximate surface area is 150 Å². The summed E-state index contributed by atoms with van der Waals surface area (Å²) in [6.45, 7) is 6.97. The van der Waals surface area contributed by atoms with Crippen molar-refractivity contribution < 1.29 is 14.4 Å². The first-order valence-electron chi connectivity index (χ1n) is 8.37. The normalized spacial score (nSPS) is 13.0. The van der Waals surface area contributed by atoms with Crippen LogP contribution < -0.4 is 0 Å². The van der Waals surface area contributed by atoms with Gasteiger partial charge in [-0.3, -0.25) is 19.4 Å². The van der Waals surface area contributed by atoms with Gasteiger partial charge in [0, 0.05) is 29.6 Å². The van der Waals surface area contributed by atoms with Crippen molar-refractivity contribution in [1.29, 1.82) is 0 Å². The molecular weight excluding hydrogens is 336 g/mol. The van der Waals surface area contributed by atoms with Gasteiger partial charge in [0.15, 0.2) is 0 Å². The number of rotatable bonds is 5. The van der Waals surface area contributed by atoms with E-state index in [0.717, 1.165) is 4.88 Å². The molecule has 5 nitrogen and oxygen atoms in total. The molecule has 0 fully saturated rings. The molecule has 1 amide bonds. The highest BCUT2D eigenvalue weighted by Gasteiger charge is 2.33. The van der Waals surface area contributed by atoms with E-state index in [-0.39, 0.29) is 23.2 Å². The zero-order chi connectivity index (χ0) is 18.1. The van der Waals surface area contributed by atoms with Crippen molar-refractivity contribution in [3.05, 3.63) is 51.0 Å². The van der Waals surface area contributed by atoms with Crippen LogP contribution >= 0.6 is 11.3 Å². The Morgan fingerprint density at radius 2 is 2.00 bits per heavy atom. The fraction of sp³-hybridized carbons (Fsp3) is 0.368. The maximum Gasteiger partial charge on any atom is 0.223 e. The van der Waals surface area contributed by atoms with Crippen LogP contribution in [0.1, 0.15) is 63.4 Å². The summed E-state index contributed by atoms with van der Waals surface area (Å²) in [7, 11) is 0. The van der Waals surface area contributed by atoms with Crippen LogP contribution in [0.15, 0.2) is 24.4 Å². The van der Waals surface area contributed by atoms with Gasteiger partial charge in [-0.2, -0.15) is 0 Å². The molecule has 0 aromatic carbocycles. The van der Waals surface area contributed by atoms with Crippen molar-refractivity contribution in [3.8, 4) is 0 Å². The predicted molar refractivity (Wildman–Crippen MR) is 96.0 cm³/mol. The van der Waals surface area contributed by atoms with E-state index in [0.29, 0.717) is 41.4 Å². The van der Waals surface area contributed by atoms with Crippen LogP contribution in [0.25, 0.3) is 0 Å². The van der Waals surface area contributed by atoms with E-state index in [4.69, 9.17) is 0 Å². The topological polar surface area (TPSA) is 67.3 Å². The van der Waals surface area contributed by atoms with Crippen LogP contribution in [0.4, 0.5) is 0 Å². The number of thiophene rings is 1. The predicted octanol–water partition coefficient (Wildman–Crippen LogP) is 3.31. The largest absolute Gasteiger partial charge is 0.338 e. The third-order valence-corrected chi connectivity index (χ3v) is 5.28. The van der Waals surface area contributed by atoms with E-state index >= 15 is 0 Å². The summed E-state index contributed by atoms with van der Waals surface area (Å²) in [5.41, 5.74) is 0.979. The van der Waals surface area contributed by atoms with Gasteiger partial charge in [0.05, 0.1) is 17.0 Å². The van der Waals surface area contributed by atoms with Crippen molar-refractivity contribution in [3.63, 3.8) is 0 Å². The average Bonchev–Trinajstić information content (AvgIpc) is 3.01. The molecule has 1 aliphatic rings. The van der Waals surface area contributed by atoms with Crippen LogP contribution in [0.2, 0.25) is 0 Å². The minimum Gasteiger partial charge on any atom is -0.338 e. The van der Waals surface area contributed by atoms with Gasteiger partial charge in [-0.05, 0) is 31.0 Å². The Morgan fingerprint density at radius 1 is 1.24 bits per heavy atom. The number of fused-ring (bicyclic) bond motifs is 2. The maximum atomic E-state index is 12.6. The molecule has 2 heterocycles. The molecule has 0 aliphatic heterocycles. The highest BCUT2D eigenvalue weighted by molar-refractivity contribution is 7.14. The number of hydrogen-bond donors (Lipinski definition) is 0. The summed E-state index contributed by atoms with van der Waals surface area (Å²) < 4.78 is 0. The molecule has 3 rings (SSSR count). The Balaban J connectivity index is 1.89. The van der Waals surface area contributed by atoms with Crippen molar-refractivity contribution in [1.82, 2.24) is 9.88 Å². The van der Waals surface area contributed by atoms with Crippen molar-refractivity contribution in [2.45, 2.75) is 33.7 Å². The summed E-state index contributed by atoms with van der Waals surface area (Å²) in [5.74, 6) is 0.00283. The van der Waals surface area contributed by atoms with E-state index in [1.807, 2.05) is 20.8 Å². The van der Waals surface area contributed by atoms with Gasteiger partial charge in [-0.25, -0.2) is 0 Å². The zero-order valence-electron chi connectivity index (χ0n) is 14.5. The standard InChI is InChI=1S/C19H20N2O3S/c1-4-21(15(22)8-11(2)3)10-12-9-14-17(23)16-13(6-5-7-20-16)18(24)19(14)25-12/h5-7,9,11H,4,8,10H2,1-3H3. The van der Waals surface area contributed by atoms with Crippen LogP contribution in [-0.4, -0.2) is 33.9 Å². The van der Waals surface area contributed by atoms with E-state index in [2.05, 4.69) is 4.98 Å². The van der Waals surface area contributed by atoms with Crippen LogP contribution in [-0.2, 0) is 11.3 Å². The fourth-order valence-electron chi connectivity index (χ4n) is 2.92. The summed E-state index contributed by atoms with van der Waals surface area (Å²) in [6, 6.07) is 5.03. The summed E-state index contributed by atoms with van der Waals surface area (Å²) in [6.07, 6.45) is 2.01. The van der Waals surface area contributed by atoms with Gasteiger partial charge in [0.25, 0.3) is 0 Å².